The summed E-state index contributed by atoms with van der Waals surface area (Å²) in [5.74, 6) is -1.77. The first-order valence-corrected chi connectivity index (χ1v) is 9.15. The summed E-state index contributed by atoms with van der Waals surface area (Å²) in [6.07, 6.45) is -4.89. The second-order valence-corrected chi connectivity index (χ2v) is 7.70. The van der Waals surface area contributed by atoms with Crippen LogP contribution in [0.15, 0.2) is 23.1 Å². The van der Waals surface area contributed by atoms with E-state index in [-0.39, 0.29) is 22.5 Å². The first-order chi connectivity index (χ1) is 11.8. The Bertz CT molecular complexity index is 764. The molecule has 0 aliphatic heterocycles. The number of hydrogen-bond acceptors (Lipinski definition) is 5. The molecule has 0 heterocycles. The van der Waals surface area contributed by atoms with Crippen molar-refractivity contribution in [3.05, 3.63) is 23.2 Å². The Balaban J connectivity index is 3.07. The number of carbonyl (C=O) groups excluding carboxylic acids is 1. The first kappa shape index (κ1) is 22.6. The minimum absolute atomic E-state index is 0.277. The predicted octanol–water partition coefficient (Wildman–Crippen LogP) is 1.64. The molecule has 1 unspecified atom stereocenters. The van der Waals surface area contributed by atoms with Crippen molar-refractivity contribution in [2.24, 2.45) is 0 Å². The molecule has 12 heteroatoms. The predicted molar refractivity (Wildman–Crippen MR) is 88.2 cm³/mol. The van der Waals surface area contributed by atoms with Gasteiger partial charge in [0.1, 0.15) is 0 Å². The highest BCUT2D eigenvalue weighted by atomic mass is 35.5. The van der Waals surface area contributed by atoms with Crippen LogP contribution < -0.4 is 10.0 Å². The van der Waals surface area contributed by atoms with Crippen LogP contribution in [-0.4, -0.2) is 49.0 Å². The summed E-state index contributed by atoms with van der Waals surface area (Å²) >= 11 is 5.83. The Kier molecular flexibility index (Phi) is 7.04. The summed E-state index contributed by atoms with van der Waals surface area (Å²) in [4.78, 5) is 11.3. The van der Waals surface area contributed by atoms with Crippen molar-refractivity contribution in [3.8, 4) is 0 Å². The van der Waals surface area contributed by atoms with Crippen LogP contribution in [0, 0.1) is 0 Å². The number of amides is 1. The van der Waals surface area contributed by atoms with Crippen LogP contribution in [0.4, 0.5) is 18.9 Å². The van der Waals surface area contributed by atoms with Gasteiger partial charge in [-0.25, -0.2) is 13.1 Å². The highest BCUT2D eigenvalue weighted by Gasteiger charge is 2.55. The zero-order chi connectivity index (χ0) is 20.3. The number of benzene rings is 1. The highest BCUT2D eigenvalue weighted by molar-refractivity contribution is 7.89. The lowest BCUT2D eigenvalue weighted by atomic mass is 10.1. The van der Waals surface area contributed by atoms with Crippen molar-refractivity contribution in [1.82, 2.24) is 4.72 Å². The number of aliphatic hydroxyl groups is 2. The van der Waals surface area contributed by atoms with Gasteiger partial charge in [-0.1, -0.05) is 18.5 Å². The smallest absolute Gasteiger partial charge is 0.395 e. The van der Waals surface area contributed by atoms with Gasteiger partial charge in [-0.2, -0.15) is 13.2 Å². The van der Waals surface area contributed by atoms with Crippen molar-refractivity contribution < 1.29 is 36.6 Å². The maximum absolute atomic E-state index is 12.6. The van der Waals surface area contributed by atoms with Crippen molar-refractivity contribution in [1.29, 1.82) is 0 Å². The second kappa shape index (κ2) is 8.09. The molecule has 0 fully saturated rings. The quantitative estimate of drug-likeness (QED) is 0.537. The van der Waals surface area contributed by atoms with E-state index in [9.17, 15) is 31.5 Å². The van der Waals surface area contributed by atoms with Gasteiger partial charge in [0.2, 0.25) is 15.6 Å². The van der Waals surface area contributed by atoms with Crippen molar-refractivity contribution in [2.75, 3.05) is 11.9 Å². The molecule has 0 bridgehead atoms. The Hall–Kier alpha value is -1.40. The number of aliphatic hydroxyl groups excluding tert-OH is 1. The number of alkyl halides is 3. The van der Waals surface area contributed by atoms with E-state index in [1.807, 2.05) is 0 Å². The van der Waals surface area contributed by atoms with E-state index in [2.05, 4.69) is 4.72 Å². The molecule has 0 radical (unpaired) electrons. The fourth-order valence-electron chi connectivity index (χ4n) is 1.67. The van der Waals surface area contributed by atoms with Gasteiger partial charge in [-0.05, 0) is 31.5 Å². The summed E-state index contributed by atoms with van der Waals surface area (Å²) in [6.45, 7) is 1.50. The number of rotatable bonds is 7. The number of hydrogen-bond donors (Lipinski definition) is 4. The fourth-order valence-corrected chi connectivity index (χ4v) is 3.30. The molecule has 0 aliphatic rings. The highest BCUT2D eigenvalue weighted by Crippen LogP contribution is 2.32. The molecule has 1 amide bonds. The van der Waals surface area contributed by atoms with Gasteiger partial charge in [-0.15, -0.1) is 0 Å². The van der Waals surface area contributed by atoms with Crippen molar-refractivity contribution in [3.63, 3.8) is 0 Å². The van der Waals surface area contributed by atoms with E-state index in [1.165, 1.54) is 0 Å². The molecule has 1 aromatic carbocycles. The molecule has 0 saturated heterocycles. The minimum Gasteiger partial charge on any atom is -0.395 e. The normalized spacial score (nSPS) is 16.0. The molecule has 26 heavy (non-hydrogen) atoms. The lowest BCUT2D eigenvalue weighted by molar-refractivity contribution is -0.242. The average Bonchev–Trinajstić information content (AvgIpc) is 2.53. The third kappa shape index (κ3) is 5.07. The molecular weight excluding hydrogens is 401 g/mol. The standard InChI is InChI=1S/C14H18ClF3N2O5S/c1-3-8(7-21)20-26(24,25)9-4-5-11(10(15)6-9)19-12(22)13(2,23)14(16,17)18/h4-6,8,20-21,23H,3,7H2,1-2H3,(H,19,22)/t8?,13-/m1/s1. The molecule has 2 atom stereocenters. The first-order valence-electron chi connectivity index (χ1n) is 7.29. The molecular formula is C14H18ClF3N2O5S. The van der Waals surface area contributed by atoms with E-state index >= 15 is 0 Å². The maximum atomic E-state index is 12.6. The van der Waals surface area contributed by atoms with Gasteiger partial charge >= 0.3 is 6.18 Å². The largest absolute Gasteiger partial charge is 0.426 e. The lowest BCUT2D eigenvalue weighted by Gasteiger charge is -2.25. The number of carbonyl (C=O) groups is 1. The third-order valence-corrected chi connectivity index (χ3v) is 5.36. The van der Waals surface area contributed by atoms with Gasteiger partial charge in [0.05, 0.1) is 22.2 Å². The van der Waals surface area contributed by atoms with Crippen molar-refractivity contribution in [2.45, 2.75) is 43.0 Å². The van der Waals surface area contributed by atoms with Crippen LogP contribution in [0.25, 0.3) is 0 Å². The minimum atomic E-state index is -5.21. The third-order valence-electron chi connectivity index (χ3n) is 3.53. The lowest BCUT2D eigenvalue weighted by Crippen LogP contribution is -2.52. The molecule has 0 saturated carbocycles. The van der Waals surface area contributed by atoms with Crippen LogP contribution in [-0.2, 0) is 14.8 Å². The molecule has 0 spiro atoms. The summed E-state index contributed by atoms with van der Waals surface area (Å²) < 4.78 is 64.5. The molecule has 1 aromatic rings. The molecule has 1 rings (SSSR count). The second-order valence-electron chi connectivity index (χ2n) is 5.57. The summed E-state index contributed by atoms with van der Waals surface area (Å²) in [7, 11) is -4.04. The molecule has 4 N–H and O–H groups in total. The zero-order valence-corrected chi connectivity index (χ0v) is 15.3. The summed E-state index contributed by atoms with van der Waals surface area (Å²) in [6, 6.07) is 2.20. The Labute approximate surface area is 153 Å². The monoisotopic (exact) mass is 418 g/mol. The van der Waals surface area contributed by atoms with E-state index < -0.39 is 40.4 Å². The molecule has 148 valence electrons. The number of sulfonamides is 1. The zero-order valence-electron chi connectivity index (χ0n) is 13.8. The van der Waals surface area contributed by atoms with E-state index in [4.69, 9.17) is 16.7 Å². The summed E-state index contributed by atoms with van der Waals surface area (Å²) in [5.41, 5.74) is -3.97. The Morgan fingerprint density at radius 2 is 1.92 bits per heavy atom. The fraction of sp³-hybridized carbons (Fsp3) is 0.500. The van der Waals surface area contributed by atoms with Gasteiger partial charge in [0.15, 0.2) is 0 Å². The number of halogens is 4. The van der Waals surface area contributed by atoms with Gasteiger partial charge < -0.3 is 15.5 Å². The summed E-state index contributed by atoms with van der Waals surface area (Å²) in [5, 5.41) is 19.8. The average molecular weight is 419 g/mol. The SMILES string of the molecule is CCC(CO)NS(=O)(=O)c1ccc(NC(=O)[C@@](C)(O)C(F)(F)F)c(Cl)c1. The van der Waals surface area contributed by atoms with E-state index in [0.717, 1.165) is 18.2 Å². The van der Waals surface area contributed by atoms with Crippen LogP contribution in [0.5, 0.6) is 0 Å². The maximum Gasteiger partial charge on any atom is 0.426 e. The van der Waals surface area contributed by atoms with Crippen LogP contribution in [0.2, 0.25) is 5.02 Å². The Morgan fingerprint density at radius 3 is 2.35 bits per heavy atom. The van der Waals surface area contributed by atoms with Gasteiger partial charge in [0, 0.05) is 6.04 Å². The van der Waals surface area contributed by atoms with Crippen LogP contribution in [0.1, 0.15) is 20.3 Å². The van der Waals surface area contributed by atoms with Crippen LogP contribution >= 0.6 is 11.6 Å². The van der Waals surface area contributed by atoms with Gasteiger partial charge in [-0.3, -0.25) is 4.79 Å². The van der Waals surface area contributed by atoms with Crippen LogP contribution in [0.3, 0.4) is 0 Å². The topological polar surface area (TPSA) is 116 Å². The molecule has 0 aliphatic carbocycles. The Morgan fingerprint density at radius 1 is 1.35 bits per heavy atom. The van der Waals surface area contributed by atoms with Crippen molar-refractivity contribution >= 4 is 33.2 Å². The van der Waals surface area contributed by atoms with E-state index in [0.29, 0.717) is 6.42 Å². The van der Waals surface area contributed by atoms with E-state index in [1.54, 1.807) is 12.2 Å². The number of anilines is 1. The van der Waals surface area contributed by atoms with Gasteiger partial charge in [0.25, 0.3) is 5.91 Å². The molecule has 7 nitrogen and oxygen atoms in total. The molecule has 0 aromatic heterocycles. The number of nitrogens with one attached hydrogen (secondary N) is 2.